The lowest BCUT2D eigenvalue weighted by Crippen LogP contribution is -2.25. The van der Waals surface area contributed by atoms with Crippen LogP contribution in [0.15, 0.2) is 67.0 Å². The molecule has 0 aliphatic rings. The van der Waals surface area contributed by atoms with Gasteiger partial charge in [-0.25, -0.2) is 9.78 Å². The number of nitrogens with one attached hydrogen (secondary N) is 3. The Morgan fingerprint density at radius 1 is 1.15 bits per heavy atom. The van der Waals surface area contributed by atoms with E-state index in [9.17, 15) is 9.59 Å². The molecule has 2 amide bonds. The zero-order valence-electron chi connectivity index (χ0n) is 18.3. The van der Waals surface area contributed by atoms with Gasteiger partial charge in [0.05, 0.1) is 23.9 Å². The van der Waals surface area contributed by atoms with Crippen molar-refractivity contribution in [2.24, 2.45) is 5.73 Å². The number of ether oxygens (including phenoxy) is 1. The van der Waals surface area contributed by atoms with E-state index in [0.29, 0.717) is 29.3 Å². The number of nitrogens with two attached hydrogens (primary N) is 1. The first-order valence-electron chi connectivity index (χ1n) is 10.2. The number of aromatic amines is 1. The zero-order valence-corrected chi connectivity index (χ0v) is 18.3. The van der Waals surface area contributed by atoms with E-state index < -0.39 is 12.0 Å². The Kier molecular flexibility index (Phi) is 6.12. The predicted octanol–water partition coefficient (Wildman–Crippen LogP) is 4.22. The fourth-order valence-electron chi connectivity index (χ4n) is 3.51. The third-order valence-electron chi connectivity index (χ3n) is 5.29. The summed E-state index contributed by atoms with van der Waals surface area (Å²) in [5.41, 5.74) is 9.97. The molecule has 0 saturated carbocycles. The van der Waals surface area contributed by atoms with Gasteiger partial charge in [-0.15, -0.1) is 0 Å². The lowest BCUT2D eigenvalue weighted by atomic mass is 10.1. The minimum atomic E-state index is -0.565. The van der Waals surface area contributed by atoms with E-state index in [1.807, 2.05) is 42.6 Å². The highest BCUT2D eigenvalue weighted by Gasteiger charge is 2.13. The Morgan fingerprint density at radius 2 is 1.94 bits per heavy atom. The van der Waals surface area contributed by atoms with Crippen LogP contribution >= 0.6 is 0 Å². The van der Waals surface area contributed by atoms with Crippen LogP contribution in [-0.2, 0) is 11.3 Å². The summed E-state index contributed by atoms with van der Waals surface area (Å²) in [7, 11) is 2.96. The SMILES string of the molecule is COC(=O)N(C)c1ccc(Nc2cc(NCc3cccc4cc[nH]c34)c(C(N)=O)cn2)cc1. The van der Waals surface area contributed by atoms with Crippen molar-refractivity contribution in [3.63, 3.8) is 0 Å². The second-order valence-electron chi connectivity index (χ2n) is 7.39. The number of hydrogen-bond donors (Lipinski definition) is 4. The van der Waals surface area contributed by atoms with Gasteiger partial charge in [0.2, 0.25) is 0 Å². The second-order valence-corrected chi connectivity index (χ2v) is 7.39. The number of anilines is 4. The summed E-state index contributed by atoms with van der Waals surface area (Å²) in [6.07, 6.45) is 2.89. The summed E-state index contributed by atoms with van der Waals surface area (Å²) < 4.78 is 4.72. The number of primary amides is 1. The number of amides is 2. The molecule has 168 valence electrons. The molecule has 4 aromatic rings. The van der Waals surface area contributed by atoms with Crippen LogP contribution in [0.5, 0.6) is 0 Å². The van der Waals surface area contributed by atoms with Crippen LogP contribution in [-0.4, -0.2) is 36.1 Å². The van der Waals surface area contributed by atoms with Crippen LogP contribution in [0.1, 0.15) is 15.9 Å². The van der Waals surface area contributed by atoms with Crippen LogP contribution < -0.4 is 21.3 Å². The van der Waals surface area contributed by atoms with Gasteiger partial charge in [-0.1, -0.05) is 18.2 Å². The predicted molar refractivity (Wildman–Crippen MR) is 129 cm³/mol. The number of methoxy groups -OCH3 is 1. The number of carbonyl (C=O) groups excluding carboxylic acids is 2. The van der Waals surface area contributed by atoms with Gasteiger partial charge < -0.3 is 26.1 Å². The second kappa shape index (κ2) is 9.31. The van der Waals surface area contributed by atoms with Gasteiger partial charge in [0.25, 0.3) is 5.91 Å². The number of rotatable bonds is 7. The fraction of sp³-hybridized carbons (Fsp3) is 0.125. The fourth-order valence-corrected chi connectivity index (χ4v) is 3.51. The van der Waals surface area contributed by atoms with Crippen molar-refractivity contribution >= 4 is 45.8 Å². The minimum Gasteiger partial charge on any atom is -0.452 e. The van der Waals surface area contributed by atoms with Gasteiger partial charge >= 0.3 is 6.09 Å². The first-order chi connectivity index (χ1) is 16.0. The molecule has 2 aromatic carbocycles. The molecule has 0 aliphatic heterocycles. The molecule has 33 heavy (non-hydrogen) atoms. The third kappa shape index (κ3) is 4.72. The third-order valence-corrected chi connectivity index (χ3v) is 5.29. The zero-order chi connectivity index (χ0) is 23.4. The van der Waals surface area contributed by atoms with Crippen molar-refractivity contribution in [2.75, 3.05) is 29.7 Å². The molecule has 9 nitrogen and oxygen atoms in total. The molecule has 2 aromatic heterocycles. The number of hydrogen-bond acceptors (Lipinski definition) is 6. The molecule has 5 N–H and O–H groups in total. The number of benzene rings is 2. The lowest BCUT2D eigenvalue weighted by molar-refractivity contribution is 0.100. The Balaban J connectivity index is 1.53. The Hall–Kier alpha value is -4.53. The smallest absolute Gasteiger partial charge is 0.413 e. The Labute approximate surface area is 190 Å². The Morgan fingerprint density at radius 3 is 2.67 bits per heavy atom. The van der Waals surface area contributed by atoms with Gasteiger partial charge in [0, 0.05) is 43.4 Å². The maximum absolute atomic E-state index is 11.9. The van der Waals surface area contributed by atoms with Crippen molar-refractivity contribution in [2.45, 2.75) is 6.54 Å². The monoisotopic (exact) mass is 444 g/mol. The molecule has 0 bridgehead atoms. The Bertz CT molecular complexity index is 1300. The molecule has 0 unspecified atom stereocenters. The lowest BCUT2D eigenvalue weighted by Gasteiger charge is -2.16. The summed E-state index contributed by atoms with van der Waals surface area (Å²) >= 11 is 0. The molecule has 0 saturated heterocycles. The summed E-state index contributed by atoms with van der Waals surface area (Å²) in [4.78, 5) is 32.5. The molecule has 0 atom stereocenters. The van der Waals surface area contributed by atoms with Crippen molar-refractivity contribution < 1.29 is 14.3 Å². The number of fused-ring (bicyclic) bond motifs is 1. The van der Waals surface area contributed by atoms with E-state index in [4.69, 9.17) is 10.5 Å². The molecular weight excluding hydrogens is 420 g/mol. The van der Waals surface area contributed by atoms with Gasteiger partial charge in [-0.05, 0) is 41.3 Å². The van der Waals surface area contributed by atoms with Gasteiger partial charge in [-0.2, -0.15) is 0 Å². The summed E-state index contributed by atoms with van der Waals surface area (Å²) in [6.45, 7) is 0.496. The molecular formula is C24H24N6O3. The first-order valence-corrected chi connectivity index (χ1v) is 10.2. The van der Waals surface area contributed by atoms with E-state index in [1.165, 1.54) is 18.2 Å². The van der Waals surface area contributed by atoms with Gasteiger partial charge in [0.15, 0.2) is 0 Å². The number of pyridine rings is 1. The van der Waals surface area contributed by atoms with E-state index in [-0.39, 0.29) is 0 Å². The van der Waals surface area contributed by atoms with Crippen LogP contribution in [0.2, 0.25) is 0 Å². The van der Waals surface area contributed by atoms with Gasteiger partial charge in [-0.3, -0.25) is 9.69 Å². The molecule has 0 spiro atoms. The standard InChI is InChI=1S/C24H24N6O3/c1-30(24(32)33-2)18-8-6-17(7-9-18)29-21-12-20(19(14-28-21)23(25)31)27-13-16-5-3-4-15-10-11-26-22(15)16/h3-12,14,26H,13H2,1-2H3,(H2,25,31)(H2,27,28,29). The van der Waals surface area contributed by atoms with E-state index in [2.05, 4.69) is 20.6 Å². The molecule has 4 rings (SSSR count). The van der Waals surface area contributed by atoms with E-state index in [0.717, 1.165) is 22.2 Å². The number of para-hydroxylation sites is 1. The quantitative estimate of drug-likeness (QED) is 0.338. The summed E-state index contributed by atoms with van der Waals surface area (Å²) in [6, 6.07) is 17.0. The summed E-state index contributed by atoms with van der Waals surface area (Å²) in [5, 5.41) is 7.62. The largest absolute Gasteiger partial charge is 0.452 e. The van der Waals surface area contributed by atoms with E-state index in [1.54, 1.807) is 25.2 Å². The van der Waals surface area contributed by atoms with Crippen LogP contribution in [0.3, 0.4) is 0 Å². The minimum absolute atomic E-state index is 0.300. The highest BCUT2D eigenvalue weighted by Crippen LogP contribution is 2.25. The number of nitrogens with zero attached hydrogens (tertiary/aromatic N) is 2. The normalized spacial score (nSPS) is 10.6. The summed E-state index contributed by atoms with van der Waals surface area (Å²) in [5.74, 6) is -0.0283. The number of carbonyl (C=O) groups is 2. The topological polar surface area (TPSA) is 125 Å². The van der Waals surface area contributed by atoms with E-state index >= 15 is 0 Å². The van der Waals surface area contributed by atoms with Crippen LogP contribution in [0.25, 0.3) is 10.9 Å². The molecule has 2 heterocycles. The van der Waals surface area contributed by atoms with Crippen molar-refractivity contribution in [1.82, 2.24) is 9.97 Å². The average Bonchev–Trinajstić information content (AvgIpc) is 3.32. The maximum atomic E-state index is 11.9. The van der Waals surface area contributed by atoms with Crippen LogP contribution in [0.4, 0.5) is 27.7 Å². The number of aromatic nitrogens is 2. The molecule has 0 aliphatic carbocycles. The molecule has 0 fully saturated rings. The van der Waals surface area contributed by atoms with Gasteiger partial charge in [0.1, 0.15) is 5.82 Å². The molecule has 9 heteroatoms. The molecule has 0 radical (unpaired) electrons. The average molecular weight is 444 g/mol. The highest BCUT2D eigenvalue weighted by molar-refractivity contribution is 5.98. The highest BCUT2D eigenvalue weighted by atomic mass is 16.5. The van der Waals surface area contributed by atoms with Crippen molar-refractivity contribution in [3.8, 4) is 0 Å². The van der Waals surface area contributed by atoms with Crippen LogP contribution in [0, 0.1) is 0 Å². The van der Waals surface area contributed by atoms with Crippen molar-refractivity contribution in [1.29, 1.82) is 0 Å². The maximum Gasteiger partial charge on any atom is 0.413 e. The van der Waals surface area contributed by atoms with Crippen molar-refractivity contribution in [3.05, 3.63) is 78.1 Å². The first kappa shape index (κ1) is 21.7. The number of H-pyrrole nitrogens is 1.